The van der Waals surface area contributed by atoms with Crippen LogP contribution in [0.5, 0.6) is 0 Å². The fraction of sp³-hybridized carbons (Fsp3) is 1.00. The Bertz CT molecular complexity index is 223. The van der Waals surface area contributed by atoms with Gasteiger partial charge in [-0.2, -0.15) is 0 Å². The van der Waals surface area contributed by atoms with E-state index in [1.165, 1.54) is 6.42 Å². The molecule has 0 aromatic carbocycles. The second-order valence-corrected chi connectivity index (χ2v) is 6.18. The van der Waals surface area contributed by atoms with Crippen molar-refractivity contribution < 1.29 is 14.9 Å². The average molecular weight is 273 g/mol. The van der Waals surface area contributed by atoms with E-state index < -0.39 is 6.10 Å². The summed E-state index contributed by atoms with van der Waals surface area (Å²) in [5.41, 5.74) is 0. The molecule has 0 aromatic heterocycles. The Kier molecular flexibility index (Phi) is 8.62. The van der Waals surface area contributed by atoms with E-state index in [2.05, 4.69) is 19.2 Å². The zero-order valence-electron chi connectivity index (χ0n) is 12.5. The van der Waals surface area contributed by atoms with Gasteiger partial charge in [0, 0.05) is 19.7 Å². The highest BCUT2D eigenvalue weighted by Gasteiger charge is 2.24. The molecule has 1 fully saturated rings. The summed E-state index contributed by atoms with van der Waals surface area (Å²) in [7, 11) is 0. The minimum Gasteiger partial charge on any atom is -0.393 e. The molecule has 3 atom stereocenters. The molecule has 3 unspecified atom stereocenters. The first-order chi connectivity index (χ1) is 9.09. The lowest BCUT2D eigenvalue weighted by molar-refractivity contribution is 0.0334. The highest BCUT2D eigenvalue weighted by molar-refractivity contribution is 4.78. The highest BCUT2D eigenvalue weighted by atomic mass is 16.5. The standard InChI is InChI=1S/C15H31NO3/c1-12(2)5-4-8-19-11-14(17)10-16-9-13-6-3-7-15(13)18/h12-18H,3-11H2,1-2H3. The first-order valence-corrected chi connectivity index (χ1v) is 7.74. The van der Waals surface area contributed by atoms with Gasteiger partial charge in [0.25, 0.3) is 0 Å². The van der Waals surface area contributed by atoms with Gasteiger partial charge >= 0.3 is 0 Å². The number of ether oxygens (including phenoxy) is 1. The van der Waals surface area contributed by atoms with E-state index in [9.17, 15) is 10.2 Å². The van der Waals surface area contributed by atoms with Crippen LogP contribution in [0.2, 0.25) is 0 Å². The van der Waals surface area contributed by atoms with Crippen LogP contribution in [-0.2, 0) is 4.74 Å². The van der Waals surface area contributed by atoms with Crippen molar-refractivity contribution in [3.8, 4) is 0 Å². The molecule has 0 aromatic rings. The predicted molar refractivity (Wildman–Crippen MR) is 77.1 cm³/mol. The molecular weight excluding hydrogens is 242 g/mol. The van der Waals surface area contributed by atoms with Crippen molar-refractivity contribution in [1.82, 2.24) is 5.32 Å². The number of hydrogen-bond acceptors (Lipinski definition) is 4. The van der Waals surface area contributed by atoms with Crippen molar-refractivity contribution in [3.05, 3.63) is 0 Å². The summed E-state index contributed by atoms with van der Waals surface area (Å²) in [6.07, 6.45) is 4.77. The van der Waals surface area contributed by atoms with Crippen LogP contribution in [0, 0.1) is 11.8 Å². The molecule has 1 aliphatic rings. The molecule has 0 heterocycles. The largest absolute Gasteiger partial charge is 0.393 e. The SMILES string of the molecule is CC(C)CCCOCC(O)CNCC1CCCC1O. The van der Waals surface area contributed by atoms with E-state index in [0.29, 0.717) is 25.0 Å². The molecule has 4 heteroatoms. The van der Waals surface area contributed by atoms with Crippen LogP contribution in [0.15, 0.2) is 0 Å². The zero-order valence-corrected chi connectivity index (χ0v) is 12.5. The highest BCUT2D eigenvalue weighted by Crippen LogP contribution is 2.24. The van der Waals surface area contributed by atoms with E-state index in [-0.39, 0.29) is 6.10 Å². The van der Waals surface area contributed by atoms with Gasteiger partial charge in [-0.1, -0.05) is 20.3 Å². The Balaban J connectivity index is 1.91. The summed E-state index contributed by atoms with van der Waals surface area (Å²) in [5.74, 6) is 1.08. The van der Waals surface area contributed by atoms with Gasteiger partial charge in [-0.3, -0.25) is 0 Å². The number of aliphatic hydroxyl groups is 2. The summed E-state index contributed by atoms with van der Waals surface area (Å²) in [4.78, 5) is 0. The monoisotopic (exact) mass is 273 g/mol. The Labute approximate surface area is 117 Å². The van der Waals surface area contributed by atoms with Crippen LogP contribution in [0.3, 0.4) is 0 Å². The van der Waals surface area contributed by atoms with Crippen LogP contribution < -0.4 is 5.32 Å². The van der Waals surface area contributed by atoms with Gasteiger partial charge in [0.05, 0.1) is 18.8 Å². The van der Waals surface area contributed by atoms with Gasteiger partial charge < -0.3 is 20.3 Å². The van der Waals surface area contributed by atoms with Gasteiger partial charge in [-0.05, 0) is 37.5 Å². The maximum absolute atomic E-state index is 9.75. The van der Waals surface area contributed by atoms with Gasteiger partial charge in [0.2, 0.25) is 0 Å². The Hall–Kier alpha value is -0.160. The molecule has 114 valence electrons. The van der Waals surface area contributed by atoms with E-state index in [4.69, 9.17) is 4.74 Å². The van der Waals surface area contributed by atoms with E-state index >= 15 is 0 Å². The van der Waals surface area contributed by atoms with Crippen LogP contribution in [0.1, 0.15) is 46.0 Å². The van der Waals surface area contributed by atoms with E-state index in [0.717, 1.165) is 38.8 Å². The molecule has 0 radical (unpaired) electrons. The fourth-order valence-corrected chi connectivity index (χ4v) is 2.56. The molecule has 0 saturated heterocycles. The van der Waals surface area contributed by atoms with E-state index in [1.54, 1.807) is 0 Å². The quantitative estimate of drug-likeness (QED) is 0.529. The van der Waals surface area contributed by atoms with Gasteiger partial charge in [-0.15, -0.1) is 0 Å². The topological polar surface area (TPSA) is 61.7 Å². The Morgan fingerprint density at radius 1 is 1.32 bits per heavy atom. The van der Waals surface area contributed by atoms with Crippen molar-refractivity contribution in [2.75, 3.05) is 26.3 Å². The molecule has 0 aliphatic heterocycles. The molecule has 1 aliphatic carbocycles. The fourth-order valence-electron chi connectivity index (χ4n) is 2.56. The first kappa shape index (κ1) is 16.9. The van der Waals surface area contributed by atoms with Gasteiger partial charge in [-0.25, -0.2) is 0 Å². The minimum atomic E-state index is -0.447. The van der Waals surface area contributed by atoms with E-state index in [1.807, 2.05) is 0 Å². The third-order valence-electron chi connectivity index (χ3n) is 3.79. The molecule has 0 amide bonds. The second-order valence-electron chi connectivity index (χ2n) is 6.18. The molecule has 1 saturated carbocycles. The van der Waals surface area contributed by atoms with Crippen molar-refractivity contribution in [2.45, 2.75) is 58.2 Å². The Morgan fingerprint density at radius 2 is 2.11 bits per heavy atom. The van der Waals surface area contributed by atoms with Crippen molar-refractivity contribution in [3.63, 3.8) is 0 Å². The molecule has 0 bridgehead atoms. The zero-order chi connectivity index (χ0) is 14.1. The second kappa shape index (κ2) is 9.70. The average Bonchev–Trinajstić information content (AvgIpc) is 2.74. The molecule has 3 N–H and O–H groups in total. The summed E-state index contributed by atoms with van der Waals surface area (Å²) in [5, 5.41) is 22.6. The molecular formula is C15H31NO3. The maximum atomic E-state index is 9.75. The molecule has 4 nitrogen and oxygen atoms in total. The molecule has 1 rings (SSSR count). The summed E-state index contributed by atoms with van der Waals surface area (Å²) >= 11 is 0. The number of aliphatic hydroxyl groups excluding tert-OH is 2. The molecule has 0 spiro atoms. The van der Waals surface area contributed by atoms with Crippen molar-refractivity contribution in [1.29, 1.82) is 0 Å². The van der Waals surface area contributed by atoms with Gasteiger partial charge in [0.15, 0.2) is 0 Å². The maximum Gasteiger partial charge on any atom is 0.0897 e. The van der Waals surface area contributed by atoms with Crippen LogP contribution in [0.25, 0.3) is 0 Å². The lowest BCUT2D eigenvalue weighted by Gasteiger charge is -2.17. The summed E-state index contributed by atoms with van der Waals surface area (Å²) in [6, 6.07) is 0. The van der Waals surface area contributed by atoms with Crippen molar-refractivity contribution >= 4 is 0 Å². The normalized spacial score (nSPS) is 25.1. The van der Waals surface area contributed by atoms with Gasteiger partial charge in [0.1, 0.15) is 0 Å². The predicted octanol–water partition coefficient (Wildman–Crippen LogP) is 1.55. The third-order valence-corrected chi connectivity index (χ3v) is 3.79. The minimum absolute atomic E-state index is 0.156. The van der Waals surface area contributed by atoms with Crippen LogP contribution in [0.4, 0.5) is 0 Å². The lowest BCUT2D eigenvalue weighted by Crippen LogP contribution is -2.35. The molecule has 19 heavy (non-hydrogen) atoms. The smallest absolute Gasteiger partial charge is 0.0897 e. The van der Waals surface area contributed by atoms with Crippen molar-refractivity contribution in [2.24, 2.45) is 11.8 Å². The van der Waals surface area contributed by atoms with Crippen LogP contribution in [-0.4, -0.2) is 48.7 Å². The third kappa shape index (κ3) is 7.88. The lowest BCUT2D eigenvalue weighted by atomic mass is 10.1. The summed E-state index contributed by atoms with van der Waals surface area (Å²) in [6.45, 7) is 6.89. The number of nitrogens with one attached hydrogen (secondary N) is 1. The number of hydrogen-bond donors (Lipinski definition) is 3. The Morgan fingerprint density at radius 3 is 2.74 bits per heavy atom. The van der Waals surface area contributed by atoms with Crippen LogP contribution >= 0.6 is 0 Å². The first-order valence-electron chi connectivity index (χ1n) is 7.74. The summed E-state index contributed by atoms with van der Waals surface area (Å²) < 4.78 is 5.45. The number of rotatable bonds is 10.